The summed E-state index contributed by atoms with van der Waals surface area (Å²) in [7, 11) is -3.14. The Morgan fingerprint density at radius 3 is 2.88 bits per heavy atom. The fraction of sp³-hybridized carbons (Fsp3) is 0.818. The average molecular weight is 244 g/mol. The van der Waals surface area contributed by atoms with E-state index >= 15 is 0 Å². The van der Waals surface area contributed by atoms with Crippen molar-refractivity contribution >= 4 is 10.0 Å². The summed E-state index contributed by atoms with van der Waals surface area (Å²) in [5.74, 6) is 5.76. The molecule has 0 amide bonds. The Kier molecular flexibility index (Phi) is 5.81. The Bertz CT molecular complexity index is 348. The Balaban J connectivity index is 2.28. The van der Waals surface area contributed by atoms with Crippen LogP contribution in [-0.2, 0) is 10.0 Å². The van der Waals surface area contributed by atoms with Gasteiger partial charge in [-0.15, -0.1) is 11.8 Å². The quantitative estimate of drug-likeness (QED) is 0.546. The highest BCUT2D eigenvalue weighted by Crippen LogP contribution is 2.08. The molecule has 1 atom stereocenters. The van der Waals surface area contributed by atoms with E-state index in [1.165, 1.54) is 0 Å². The number of piperidine rings is 1. The van der Waals surface area contributed by atoms with Gasteiger partial charge in [-0.05, 0) is 26.3 Å². The lowest BCUT2D eigenvalue weighted by Crippen LogP contribution is -2.42. The van der Waals surface area contributed by atoms with Crippen LogP contribution in [0.5, 0.6) is 0 Å². The zero-order chi connectivity index (χ0) is 11.9. The van der Waals surface area contributed by atoms with E-state index in [9.17, 15) is 8.42 Å². The minimum atomic E-state index is -3.14. The van der Waals surface area contributed by atoms with E-state index in [-0.39, 0.29) is 11.8 Å². The molecule has 0 aliphatic carbocycles. The maximum atomic E-state index is 11.7. The molecule has 2 N–H and O–H groups in total. The summed E-state index contributed by atoms with van der Waals surface area (Å²) in [6.07, 6.45) is 3.80. The Hall–Kier alpha value is -0.570. The van der Waals surface area contributed by atoms with E-state index in [0.29, 0.717) is 13.0 Å². The standard InChI is InChI=1S/C11H20N2O2S/c1-2-3-5-9-13-16(14,15)10-11-7-4-6-8-12-11/h11-13H,4-10H2,1H3. The van der Waals surface area contributed by atoms with Crippen molar-refractivity contribution < 1.29 is 8.42 Å². The van der Waals surface area contributed by atoms with E-state index in [4.69, 9.17) is 0 Å². The van der Waals surface area contributed by atoms with Gasteiger partial charge in [0.05, 0.1) is 5.75 Å². The molecule has 4 nitrogen and oxygen atoms in total. The second-order valence-corrected chi connectivity index (χ2v) is 5.85. The topological polar surface area (TPSA) is 58.2 Å². The van der Waals surface area contributed by atoms with Crippen LogP contribution in [0.3, 0.4) is 0 Å². The number of nitrogens with one attached hydrogen (secondary N) is 2. The van der Waals surface area contributed by atoms with Crippen molar-refractivity contribution in [1.82, 2.24) is 10.0 Å². The molecule has 1 fully saturated rings. The lowest BCUT2D eigenvalue weighted by molar-refractivity contribution is 0.422. The number of rotatable bonds is 5. The molecule has 5 heteroatoms. The van der Waals surface area contributed by atoms with Crippen LogP contribution in [0.25, 0.3) is 0 Å². The highest BCUT2D eigenvalue weighted by atomic mass is 32.2. The van der Waals surface area contributed by atoms with Crippen LogP contribution in [0.4, 0.5) is 0 Å². The minimum absolute atomic E-state index is 0.114. The SMILES string of the molecule is CC#CCCNS(=O)(=O)CC1CCCCN1. The molecular formula is C11H20N2O2S. The van der Waals surface area contributed by atoms with Gasteiger partial charge in [-0.25, -0.2) is 13.1 Å². The number of sulfonamides is 1. The molecule has 1 rings (SSSR count). The van der Waals surface area contributed by atoms with Gasteiger partial charge in [0.1, 0.15) is 0 Å². The molecule has 1 saturated heterocycles. The van der Waals surface area contributed by atoms with Crippen LogP contribution in [0.2, 0.25) is 0 Å². The van der Waals surface area contributed by atoms with Crippen molar-refractivity contribution in [2.45, 2.75) is 38.6 Å². The van der Waals surface area contributed by atoms with Gasteiger partial charge in [-0.1, -0.05) is 6.42 Å². The summed E-state index contributed by atoms with van der Waals surface area (Å²) in [5, 5.41) is 3.23. The summed E-state index contributed by atoms with van der Waals surface area (Å²) in [5.41, 5.74) is 0. The predicted molar refractivity (Wildman–Crippen MR) is 65.5 cm³/mol. The van der Waals surface area contributed by atoms with Crippen LogP contribution in [0.15, 0.2) is 0 Å². The molecule has 92 valence electrons. The third kappa shape index (κ3) is 5.50. The van der Waals surface area contributed by atoms with Gasteiger partial charge in [0.2, 0.25) is 10.0 Å². The van der Waals surface area contributed by atoms with Crippen molar-refractivity contribution in [2.24, 2.45) is 0 Å². The number of hydrogen-bond donors (Lipinski definition) is 2. The summed E-state index contributed by atoms with van der Waals surface area (Å²) in [6.45, 7) is 3.10. The van der Waals surface area contributed by atoms with Crippen molar-refractivity contribution in [2.75, 3.05) is 18.8 Å². The summed E-state index contributed by atoms with van der Waals surface area (Å²) in [6, 6.07) is 0.114. The molecular weight excluding hydrogens is 224 g/mol. The van der Waals surface area contributed by atoms with Crippen LogP contribution in [0.1, 0.15) is 32.6 Å². The molecule has 0 aromatic rings. The third-order valence-electron chi connectivity index (χ3n) is 2.58. The zero-order valence-electron chi connectivity index (χ0n) is 9.75. The Morgan fingerprint density at radius 2 is 2.25 bits per heavy atom. The maximum absolute atomic E-state index is 11.7. The van der Waals surface area contributed by atoms with E-state index in [1.54, 1.807) is 6.92 Å². The van der Waals surface area contributed by atoms with Gasteiger partial charge >= 0.3 is 0 Å². The summed E-state index contributed by atoms with van der Waals surface area (Å²) < 4.78 is 25.9. The molecule has 0 radical (unpaired) electrons. The zero-order valence-corrected chi connectivity index (χ0v) is 10.6. The van der Waals surface area contributed by atoms with Gasteiger partial charge in [-0.2, -0.15) is 0 Å². The Morgan fingerprint density at radius 1 is 1.44 bits per heavy atom. The fourth-order valence-corrected chi connectivity index (χ4v) is 3.13. The fourth-order valence-electron chi connectivity index (χ4n) is 1.78. The molecule has 0 spiro atoms. The molecule has 16 heavy (non-hydrogen) atoms. The van der Waals surface area contributed by atoms with Crippen molar-refractivity contribution in [3.63, 3.8) is 0 Å². The first-order valence-corrected chi connectivity index (χ1v) is 7.39. The first kappa shape index (κ1) is 13.5. The van der Waals surface area contributed by atoms with Crippen LogP contribution >= 0.6 is 0 Å². The maximum Gasteiger partial charge on any atom is 0.213 e. The van der Waals surface area contributed by atoms with Crippen LogP contribution in [0, 0.1) is 11.8 Å². The monoisotopic (exact) mass is 244 g/mol. The van der Waals surface area contributed by atoms with Gasteiger partial charge in [0, 0.05) is 19.0 Å². The minimum Gasteiger partial charge on any atom is -0.313 e. The van der Waals surface area contributed by atoms with Gasteiger partial charge in [0.25, 0.3) is 0 Å². The van der Waals surface area contributed by atoms with E-state index in [1.807, 2.05) is 0 Å². The van der Waals surface area contributed by atoms with Gasteiger partial charge in [-0.3, -0.25) is 0 Å². The smallest absolute Gasteiger partial charge is 0.213 e. The molecule has 0 aromatic heterocycles. The highest BCUT2D eigenvalue weighted by molar-refractivity contribution is 7.89. The molecule has 0 saturated carbocycles. The molecule has 1 unspecified atom stereocenters. The molecule has 0 bridgehead atoms. The summed E-state index contributed by atoms with van der Waals surface area (Å²) in [4.78, 5) is 0. The first-order chi connectivity index (χ1) is 7.64. The van der Waals surface area contributed by atoms with Crippen LogP contribution < -0.4 is 10.0 Å². The van der Waals surface area contributed by atoms with Gasteiger partial charge in [0.15, 0.2) is 0 Å². The molecule has 0 aromatic carbocycles. The van der Waals surface area contributed by atoms with Crippen molar-refractivity contribution in [1.29, 1.82) is 0 Å². The average Bonchev–Trinajstić information content (AvgIpc) is 2.25. The highest BCUT2D eigenvalue weighted by Gasteiger charge is 2.19. The lowest BCUT2D eigenvalue weighted by atomic mass is 10.1. The van der Waals surface area contributed by atoms with E-state index < -0.39 is 10.0 Å². The molecule has 1 aliphatic rings. The Labute approximate surface area is 98.2 Å². The lowest BCUT2D eigenvalue weighted by Gasteiger charge is -2.23. The summed E-state index contributed by atoms with van der Waals surface area (Å²) >= 11 is 0. The second kappa shape index (κ2) is 6.89. The van der Waals surface area contributed by atoms with Crippen molar-refractivity contribution in [3.05, 3.63) is 0 Å². The van der Waals surface area contributed by atoms with E-state index in [0.717, 1.165) is 25.8 Å². The van der Waals surface area contributed by atoms with Crippen molar-refractivity contribution in [3.8, 4) is 11.8 Å². The first-order valence-electron chi connectivity index (χ1n) is 5.74. The molecule has 1 aliphatic heterocycles. The predicted octanol–water partition coefficient (Wildman–Crippen LogP) is 0.461. The molecule has 1 heterocycles. The largest absolute Gasteiger partial charge is 0.313 e. The number of hydrogen-bond acceptors (Lipinski definition) is 3. The second-order valence-electron chi connectivity index (χ2n) is 4.00. The van der Waals surface area contributed by atoms with E-state index in [2.05, 4.69) is 21.9 Å². The van der Waals surface area contributed by atoms with Crippen LogP contribution in [-0.4, -0.2) is 33.3 Å². The third-order valence-corrected chi connectivity index (χ3v) is 4.07. The normalized spacial score (nSPS) is 21.2. The van der Waals surface area contributed by atoms with Gasteiger partial charge < -0.3 is 5.32 Å².